The smallest absolute Gasteiger partial charge is 0.251 e. The van der Waals surface area contributed by atoms with Crippen LogP contribution in [0, 0.1) is 12.7 Å². The average Bonchev–Trinajstić information content (AvgIpc) is 2.34. The van der Waals surface area contributed by atoms with E-state index in [1.165, 1.54) is 18.3 Å². The molecule has 0 radical (unpaired) electrons. The van der Waals surface area contributed by atoms with Crippen molar-refractivity contribution in [3.63, 3.8) is 0 Å². The van der Waals surface area contributed by atoms with E-state index in [2.05, 4.69) is 10.3 Å². The molecule has 0 bridgehead atoms. The van der Waals surface area contributed by atoms with E-state index in [1.54, 1.807) is 19.1 Å². The average molecular weight is 260 g/mol. The van der Waals surface area contributed by atoms with E-state index >= 15 is 0 Å². The second-order valence-corrected chi connectivity index (χ2v) is 4.13. The van der Waals surface area contributed by atoms with Gasteiger partial charge in [-0.3, -0.25) is 4.79 Å². The summed E-state index contributed by atoms with van der Waals surface area (Å²) in [6.07, 6.45) is 1.34. The number of aromatic nitrogens is 1. The molecular weight excluding hydrogens is 247 g/mol. The fourth-order valence-electron chi connectivity index (χ4n) is 1.64. The molecule has 1 amide bonds. The fourth-order valence-corrected chi connectivity index (χ4v) is 1.64. The highest BCUT2D eigenvalue weighted by molar-refractivity contribution is 5.99. The predicted octanol–water partition coefficient (Wildman–Crippen LogP) is 1.95. The summed E-state index contributed by atoms with van der Waals surface area (Å²) >= 11 is 0. The largest absolute Gasteiger partial charge is 0.384 e. The van der Waals surface area contributed by atoms with E-state index in [4.69, 9.17) is 11.5 Å². The molecule has 0 aliphatic rings. The highest BCUT2D eigenvalue weighted by Gasteiger charge is 2.11. The van der Waals surface area contributed by atoms with Crippen LogP contribution < -0.4 is 16.8 Å². The monoisotopic (exact) mass is 260 g/mol. The quantitative estimate of drug-likeness (QED) is 0.786. The van der Waals surface area contributed by atoms with Crippen molar-refractivity contribution in [2.45, 2.75) is 6.92 Å². The third kappa shape index (κ3) is 2.79. The number of carbonyl (C=O) groups excluding carboxylic acids is 1. The van der Waals surface area contributed by atoms with Crippen molar-refractivity contribution in [1.29, 1.82) is 0 Å². The minimum absolute atomic E-state index is 0.160. The molecule has 5 nitrogen and oxygen atoms in total. The summed E-state index contributed by atoms with van der Waals surface area (Å²) in [6, 6.07) is 6.06. The number of aryl methyl sites for hydroxylation is 1. The minimum atomic E-state index is -0.663. The van der Waals surface area contributed by atoms with Crippen molar-refractivity contribution < 1.29 is 9.18 Å². The first-order valence-corrected chi connectivity index (χ1v) is 5.56. The number of amides is 1. The Balaban J connectivity index is 2.40. The molecule has 0 saturated heterocycles. The van der Waals surface area contributed by atoms with Crippen LogP contribution in [-0.4, -0.2) is 10.9 Å². The maximum atomic E-state index is 13.7. The Morgan fingerprint density at radius 2 is 2.05 bits per heavy atom. The molecule has 0 aliphatic heterocycles. The number of hydrogen-bond donors (Lipinski definition) is 3. The van der Waals surface area contributed by atoms with E-state index in [0.29, 0.717) is 5.69 Å². The number of pyridine rings is 1. The van der Waals surface area contributed by atoms with Gasteiger partial charge in [0.1, 0.15) is 11.6 Å². The maximum absolute atomic E-state index is 13.7. The molecule has 1 aromatic carbocycles. The van der Waals surface area contributed by atoms with E-state index in [0.717, 1.165) is 5.56 Å². The molecule has 98 valence electrons. The van der Waals surface area contributed by atoms with Gasteiger partial charge >= 0.3 is 0 Å². The van der Waals surface area contributed by atoms with Crippen LogP contribution in [0.2, 0.25) is 0 Å². The maximum Gasteiger partial charge on any atom is 0.251 e. The molecule has 0 fully saturated rings. The van der Waals surface area contributed by atoms with E-state index in [9.17, 15) is 9.18 Å². The lowest BCUT2D eigenvalue weighted by Gasteiger charge is -2.11. The Morgan fingerprint density at radius 3 is 2.68 bits per heavy atom. The van der Waals surface area contributed by atoms with Gasteiger partial charge in [0.05, 0.1) is 23.1 Å². The number of nitrogen functional groups attached to an aromatic ring is 1. The number of carbonyl (C=O) groups is 1. The summed E-state index contributed by atoms with van der Waals surface area (Å²) in [4.78, 5) is 15.2. The van der Waals surface area contributed by atoms with Crippen molar-refractivity contribution in [3.05, 3.63) is 47.4 Å². The van der Waals surface area contributed by atoms with Crippen molar-refractivity contribution >= 4 is 23.1 Å². The first-order chi connectivity index (χ1) is 8.97. The summed E-state index contributed by atoms with van der Waals surface area (Å²) in [5.41, 5.74) is 12.2. The fraction of sp³-hybridized carbons (Fsp3) is 0.0769. The molecule has 5 N–H and O–H groups in total. The lowest BCUT2D eigenvalue weighted by Crippen LogP contribution is -2.14. The van der Waals surface area contributed by atoms with Gasteiger partial charge in [-0.25, -0.2) is 9.37 Å². The topological polar surface area (TPSA) is 94.0 Å². The van der Waals surface area contributed by atoms with Gasteiger partial charge in [0.25, 0.3) is 5.91 Å². The van der Waals surface area contributed by atoms with Gasteiger partial charge in [-0.15, -0.1) is 0 Å². The zero-order valence-electron chi connectivity index (χ0n) is 10.3. The summed E-state index contributed by atoms with van der Waals surface area (Å²) in [5.74, 6) is -0.917. The Kier molecular flexibility index (Phi) is 3.33. The van der Waals surface area contributed by atoms with Crippen molar-refractivity contribution in [3.8, 4) is 0 Å². The highest BCUT2D eigenvalue weighted by atomic mass is 19.1. The third-order valence-corrected chi connectivity index (χ3v) is 2.58. The molecule has 19 heavy (non-hydrogen) atoms. The van der Waals surface area contributed by atoms with Crippen LogP contribution in [-0.2, 0) is 0 Å². The van der Waals surface area contributed by atoms with Crippen LogP contribution in [0.1, 0.15) is 15.9 Å². The SMILES string of the molecule is Cc1ccc(Nc2cnc(N)cc2C(N)=O)c(F)c1. The molecule has 0 aliphatic carbocycles. The minimum Gasteiger partial charge on any atom is -0.384 e. The second kappa shape index (κ2) is 4.93. The molecule has 1 heterocycles. The van der Waals surface area contributed by atoms with Crippen molar-refractivity contribution in [1.82, 2.24) is 4.98 Å². The number of benzene rings is 1. The molecule has 6 heteroatoms. The van der Waals surface area contributed by atoms with Crippen LogP contribution >= 0.6 is 0 Å². The first kappa shape index (κ1) is 12.8. The Labute approximate surface area is 109 Å². The van der Waals surface area contributed by atoms with Gasteiger partial charge in [-0.1, -0.05) is 6.07 Å². The molecule has 0 saturated carbocycles. The standard InChI is InChI=1S/C13H13FN4O/c1-7-2-3-10(9(14)4-7)18-11-6-17-12(15)5-8(11)13(16)19/h2-6,18H,1H3,(H2,15,17)(H2,16,19). The third-order valence-electron chi connectivity index (χ3n) is 2.58. The number of nitrogens with two attached hydrogens (primary N) is 2. The molecule has 2 rings (SSSR count). The van der Waals surface area contributed by atoms with Gasteiger partial charge in [-0.2, -0.15) is 0 Å². The number of halogens is 1. The van der Waals surface area contributed by atoms with Crippen molar-refractivity contribution in [2.24, 2.45) is 5.73 Å². The lowest BCUT2D eigenvalue weighted by atomic mass is 10.1. The zero-order chi connectivity index (χ0) is 14.0. The van der Waals surface area contributed by atoms with E-state index in [-0.39, 0.29) is 17.1 Å². The predicted molar refractivity (Wildman–Crippen MR) is 71.6 cm³/mol. The second-order valence-electron chi connectivity index (χ2n) is 4.13. The number of nitrogens with one attached hydrogen (secondary N) is 1. The summed E-state index contributed by atoms with van der Waals surface area (Å²) in [7, 11) is 0. The normalized spacial score (nSPS) is 10.2. The van der Waals surface area contributed by atoms with Gasteiger partial charge in [0.15, 0.2) is 0 Å². The summed E-state index contributed by atoms with van der Waals surface area (Å²) < 4.78 is 13.7. The Morgan fingerprint density at radius 1 is 1.32 bits per heavy atom. The molecule has 1 aromatic heterocycles. The zero-order valence-corrected chi connectivity index (χ0v) is 10.3. The van der Waals surface area contributed by atoms with E-state index < -0.39 is 11.7 Å². The lowest BCUT2D eigenvalue weighted by molar-refractivity contribution is 0.100. The molecular formula is C13H13FN4O. The van der Waals surface area contributed by atoms with Gasteiger partial charge in [0, 0.05) is 0 Å². The molecule has 2 aromatic rings. The van der Waals surface area contributed by atoms with Crippen LogP contribution in [0.4, 0.5) is 21.6 Å². The Hall–Kier alpha value is -2.63. The summed E-state index contributed by atoms with van der Waals surface area (Å²) in [5, 5.41) is 2.78. The number of rotatable bonds is 3. The van der Waals surface area contributed by atoms with Gasteiger partial charge in [-0.05, 0) is 30.7 Å². The molecule has 0 unspecified atom stereocenters. The number of nitrogens with zero attached hydrogens (tertiary/aromatic N) is 1. The van der Waals surface area contributed by atoms with Crippen LogP contribution in [0.5, 0.6) is 0 Å². The number of anilines is 3. The molecule has 0 atom stereocenters. The number of hydrogen-bond acceptors (Lipinski definition) is 4. The van der Waals surface area contributed by atoms with Crippen LogP contribution in [0.25, 0.3) is 0 Å². The Bertz CT molecular complexity index is 643. The van der Waals surface area contributed by atoms with E-state index in [1.807, 2.05) is 0 Å². The van der Waals surface area contributed by atoms with Crippen LogP contribution in [0.3, 0.4) is 0 Å². The first-order valence-electron chi connectivity index (χ1n) is 5.56. The highest BCUT2D eigenvalue weighted by Crippen LogP contribution is 2.24. The number of primary amides is 1. The molecule has 0 spiro atoms. The van der Waals surface area contributed by atoms with Gasteiger partial charge in [0.2, 0.25) is 0 Å². The van der Waals surface area contributed by atoms with Crippen LogP contribution in [0.15, 0.2) is 30.5 Å². The summed E-state index contributed by atoms with van der Waals surface area (Å²) in [6.45, 7) is 1.78. The van der Waals surface area contributed by atoms with Gasteiger partial charge < -0.3 is 16.8 Å². The van der Waals surface area contributed by atoms with Crippen molar-refractivity contribution in [2.75, 3.05) is 11.1 Å².